The van der Waals surface area contributed by atoms with Crippen molar-refractivity contribution in [2.75, 3.05) is 14.2 Å². The van der Waals surface area contributed by atoms with Gasteiger partial charge in [-0.1, -0.05) is 11.8 Å². The molecule has 8 aliphatic rings. The minimum atomic E-state index is -0.836. The Morgan fingerprint density at radius 2 is 0.600 bits per heavy atom. The van der Waals surface area contributed by atoms with Gasteiger partial charge in [0.25, 0.3) is 0 Å². The van der Waals surface area contributed by atoms with Gasteiger partial charge in [-0.3, -0.25) is 0 Å². The average Bonchev–Trinajstić information content (AvgIpc) is 4.07. The maximum absolute atomic E-state index is 6.04. The molecule has 0 unspecified atom stereocenters. The SMILES string of the molecule is COC(C#CC#CCC(OC)([C]1[CH][CH][CH][CH]1)[C]1[CH][CH][CH][CH]1)([C]1[CH][CH][CH][CH]1)[C]1[CH][CH][CH][CH]1.[CH]1[CH][CH][CH][CH]1.[CH]1[CH][CH][CH][CH]1.[CH]1[CH][CH][CH][CH]1.[CH]1[CH][CH][CH][CH]1.[Fe].[Fe].[Fe].[Fe]. The maximum atomic E-state index is 6.04. The molecule has 0 aromatic rings. The third-order valence-electron chi connectivity index (χ3n) is 8.00. The minimum absolute atomic E-state index is 0. The first-order chi connectivity index (χ1) is 25.2. The summed E-state index contributed by atoms with van der Waals surface area (Å²) < 4.78 is 12.0. The molecule has 8 saturated carbocycles. The molecule has 6 heteroatoms. The Balaban J connectivity index is 0.000000981. The van der Waals surface area contributed by atoms with Crippen LogP contribution in [0.3, 0.4) is 0 Å². The van der Waals surface area contributed by atoms with Crippen molar-refractivity contribution in [1.29, 1.82) is 0 Å². The summed E-state index contributed by atoms with van der Waals surface area (Å²) in [5, 5.41) is 0. The number of rotatable bonds is 7. The molecule has 8 fully saturated rings. The van der Waals surface area contributed by atoms with Crippen LogP contribution < -0.4 is 0 Å². The van der Waals surface area contributed by atoms with Crippen LogP contribution in [0.2, 0.25) is 0 Å². The Morgan fingerprint density at radius 3 is 0.836 bits per heavy atom. The van der Waals surface area contributed by atoms with Crippen molar-refractivity contribution in [3.63, 3.8) is 0 Å². The van der Waals surface area contributed by atoms with Gasteiger partial charge in [-0.2, -0.15) is 0 Å². The van der Waals surface area contributed by atoms with Gasteiger partial charge in [-0.15, -0.1) is 0 Å². The summed E-state index contributed by atoms with van der Waals surface area (Å²) in [6, 6.07) is 0. The van der Waals surface area contributed by atoms with E-state index in [-0.39, 0.29) is 68.3 Å². The van der Waals surface area contributed by atoms with E-state index < -0.39 is 11.2 Å². The van der Waals surface area contributed by atoms with Gasteiger partial charge in [-0.05, 0) is 243 Å². The smallest absolute Gasteiger partial charge is 0.142 e. The van der Waals surface area contributed by atoms with E-state index in [0.29, 0.717) is 6.42 Å². The third kappa shape index (κ3) is 19.6. The standard InChI is InChI=1S/C29H24O2.4C5H5.4Fe/c1-30-28(24-14-4-5-15-24,25-16-6-7-17-25)22-12-3-13-23-29(31-2,26-18-8-9-19-26)27-20-10-11-21-27;4*1-2-4-5-3-1;;;;/h4-11,14-21H,22H2,1-2H3;4*1-5H;;;;. The van der Waals surface area contributed by atoms with Crippen molar-refractivity contribution in [2.24, 2.45) is 0 Å². The van der Waals surface area contributed by atoms with E-state index in [1.54, 1.807) is 14.2 Å². The monoisotopic (exact) mass is 888 g/mol. The molecule has 0 saturated heterocycles. The molecule has 0 aliphatic heterocycles. The van der Waals surface area contributed by atoms with E-state index in [4.69, 9.17) is 9.47 Å². The third-order valence-corrected chi connectivity index (χ3v) is 8.00. The van der Waals surface area contributed by atoms with Crippen molar-refractivity contribution < 1.29 is 77.7 Å². The second kappa shape index (κ2) is 34.8. The maximum Gasteiger partial charge on any atom is 0.142 e. The molecule has 0 atom stereocenters. The Bertz CT molecular complexity index is 885. The van der Waals surface area contributed by atoms with Crippen LogP contribution in [0.25, 0.3) is 0 Å². The Labute approximate surface area is 385 Å². The molecular formula is C49H44Fe4O2. The van der Waals surface area contributed by atoms with E-state index in [0.717, 1.165) is 23.7 Å². The van der Waals surface area contributed by atoms with E-state index in [9.17, 15) is 0 Å². The van der Waals surface area contributed by atoms with Gasteiger partial charge in [0.05, 0.1) is 5.60 Å². The second-order valence-electron chi connectivity index (χ2n) is 11.2. The fourth-order valence-electron chi connectivity index (χ4n) is 5.40. The zero-order valence-corrected chi connectivity index (χ0v) is 35.1. The molecule has 0 aromatic heterocycles. The van der Waals surface area contributed by atoms with Crippen LogP contribution in [-0.4, -0.2) is 25.4 Å². The van der Waals surface area contributed by atoms with Crippen LogP contribution in [0, 0.1) is 279 Å². The normalized spacial score (nSPS) is 22.4. The van der Waals surface area contributed by atoms with E-state index in [1.165, 1.54) is 0 Å². The summed E-state index contributed by atoms with van der Waals surface area (Å²) in [6.45, 7) is 0. The zero-order chi connectivity index (χ0) is 35.7. The predicted octanol–water partition coefficient (Wildman–Crippen LogP) is 7.85. The van der Waals surface area contributed by atoms with E-state index in [2.05, 4.69) is 49.4 Å². The first kappa shape index (κ1) is 56.1. The van der Waals surface area contributed by atoms with Gasteiger partial charge in [-0.25, -0.2) is 0 Å². The first-order valence-corrected chi connectivity index (χ1v) is 16.9. The largest absolute Gasteiger partial charge is 0.376 e. The van der Waals surface area contributed by atoms with E-state index >= 15 is 0 Å². The quantitative estimate of drug-likeness (QED) is 0.192. The van der Waals surface area contributed by atoms with Crippen molar-refractivity contribution in [3.05, 3.63) is 255 Å². The second-order valence-corrected chi connectivity index (χ2v) is 11.2. The Morgan fingerprint density at radius 1 is 0.345 bits per heavy atom. The molecule has 0 amide bonds. The summed E-state index contributed by atoms with van der Waals surface area (Å²) in [6.07, 6.45) is 73.0. The van der Waals surface area contributed by atoms with Crippen molar-refractivity contribution >= 4 is 0 Å². The van der Waals surface area contributed by atoms with Gasteiger partial charge in [0.1, 0.15) is 5.60 Å². The van der Waals surface area contributed by atoms with Gasteiger partial charge in [0.15, 0.2) is 0 Å². The molecule has 0 heterocycles. The van der Waals surface area contributed by atoms with Crippen molar-refractivity contribution in [2.45, 2.75) is 17.6 Å². The van der Waals surface area contributed by atoms with Crippen LogP contribution in [0.15, 0.2) is 0 Å². The van der Waals surface area contributed by atoms with Crippen LogP contribution >= 0.6 is 0 Å². The first-order valence-electron chi connectivity index (χ1n) is 16.9. The van der Waals surface area contributed by atoms with Crippen LogP contribution in [0.5, 0.6) is 0 Å². The average molecular weight is 888 g/mol. The van der Waals surface area contributed by atoms with Crippen LogP contribution in [-0.2, 0) is 77.7 Å². The van der Waals surface area contributed by atoms with Crippen molar-refractivity contribution in [1.82, 2.24) is 0 Å². The summed E-state index contributed by atoms with van der Waals surface area (Å²) in [5.74, 6) is 16.8. The van der Waals surface area contributed by atoms with Gasteiger partial charge in [0.2, 0.25) is 0 Å². The van der Waals surface area contributed by atoms with Gasteiger partial charge >= 0.3 is 0 Å². The van der Waals surface area contributed by atoms with Crippen molar-refractivity contribution in [3.8, 4) is 23.7 Å². The number of hydrogen-bond donors (Lipinski definition) is 0. The number of ether oxygens (including phenoxy) is 2. The molecule has 0 bridgehead atoms. The van der Waals surface area contributed by atoms with Gasteiger partial charge < -0.3 is 9.47 Å². The summed E-state index contributed by atoms with van der Waals surface area (Å²) in [5.41, 5.74) is -1.45. The number of methoxy groups -OCH3 is 2. The summed E-state index contributed by atoms with van der Waals surface area (Å²) >= 11 is 0. The van der Waals surface area contributed by atoms with E-state index in [1.807, 2.05) is 205 Å². The molecule has 0 aromatic carbocycles. The predicted molar refractivity (Wildman–Crippen MR) is 207 cm³/mol. The molecule has 2 nitrogen and oxygen atoms in total. The minimum Gasteiger partial charge on any atom is -0.376 e. The molecular weight excluding hydrogens is 844 g/mol. The molecule has 55 heavy (non-hydrogen) atoms. The fourth-order valence-corrected chi connectivity index (χ4v) is 5.40. The molecule has 0 N–H and O–H groups in total. The van der Waals surface area contributed by atoms with Gasteiger partial charge in [0, 0.05) is 113 Å². The van der Waals surface area contributed by atoms with Crippen LogP contribution in [0.4, 0.5) is 0 Å². The number of hydrogen-bond acceptors (Lipinski definition) is 2. The molecule has 284 valence electrons. The Kier molecular flexibility index (Phi) is 35.5. The molecule has 8 rings (SSSR count). The molecule has 40 radical (unpaired) electrons. The fraction of sp³-hybridized carbons (Fsp3) is 0.102. The van der Waals surface area contributed by atoms with Crippen LogP contribution in [0.1, 0.15) is 6.42 Å². The summed E-state index contributed by atoms with van der Waals surface area (Å²) in [4.78, 5) is 0. The summed E-state index contributed by atoms with van der Waals surface area (Å²) in [7, 11) is 3.41. The zero-order valence-electron chi connectivity index (χ0n) is 30.7. The molecule has 0 spiro atoms. The Hall–Kier alpha value is 1.12. The topological polar surface area (TPSA) is 18.5 Å². The molecule has 8 aliphatic carbocycles.